The maximum atomic E-state index is 13.1. The fraction of sp³-hybridized carbons (Fsp3) is 0.417. The topological polar surface area (TPSA) is 76.4 Å². The fourth-order valence-electron chi connectivity index (χ4n) is 4.34. The number of hydrogen-bond acceptors (Lipinski definition) is 6. The molecule has 174 valence electrons. The van der Waals surface area contributed by atoms with E-state index in [4.69, 9.17) is 4.74 Å². The number of nitrogens with zero attached hydrogens (tertiary/aromatic N) is 6. The van der Waals surface area contributed by atoms with Crippen LogP contribution in [0.1, 0.15) is 40.2 Å². The lowest BCUT2D eigenvalue weighted by molar-refractivity contribution is 0.0629. The predicted molar refractivity (Wildman–Crippen MR) is 122 cm³/mol. The molecule has 0 bridgehead atoms. The van der Waals surface area contributed by atoms with E-state index >= 15 is 0 Å². The van der Waals surface area contributed by atoms with Gasteiger partial charge in [0.2, 0.25) is 0 Å². The van der Waals surface area contributed by atoms with Crippen LogP contribution in [-0.4, -0.2) is 69.0 Å². The van der Waals surface area contributed by atoms with Crippen LogP contribution in [0.4, 0.5) is 4.39 Å². The molecular weight excluding hydrogens is 423 g/mol. The second-order valence-electron chi connectivity index (χ2n) is 8.49. The Balaban J connectivity index is 1.35. The summed E-state index contributed by atoms with van der Waals surface area (Å²) in [6, 6.07) is 6.02. The Morgan fingerprint density at radius 3 is 2.58 bits per heavy atom. The first kappa shape index (κ1) is 22.8. The Labute approximate surface area is 193 Å². The van der Waals surface area contributed by atoms with Gasteiger partial charge in [-0.05, 0) is 51.0 Å². The third-order valence-corrected chi connectivity index (χ3v) is 6.35. The van der Waals surface area contributed by atoms with E-state index in [0.29, 0.717) is 5.69 Å². The molecule has 2 aromatic heterocycles. The standard InChI is InChI=1S/C24H29FN6O2/c1-16-13-26-21(17(2)23(16)33-4)14-30-11-9-19(10-12-30)29(3)24(32)22-15-31(28-27-22)20-7-5-18(25)6-8-20/h5-8,13,15,19H,9-12,14H2,1-4H3. The number of halogens is 1. The van der Waals surface area contributed by atoms with E-state index in [-0.39, 0.29) is 23.5 Å². The summed E-state index contributed by atoms with van der Waals surface area (Å²) in [7, 11) is 3.51. The maximum absolute atomic E-state index is 13.1. The number of carbonyl (C=O) groups excluding carboxylic acids is 1. The number of aromatic nitrogens is 4. The quantitative estimate of drug-likeness (QED) is 0.572. The summed E-state index contributed by atoms with van der Waals surface area (Å²) in [5, 5.41) is 8.06. The van der Waals surface area contributed by atoms with Crippen LogP contribution in [0.3, 0.4) is 0 Å². The average Bonchev–Trinajstić information content (AvgIpc) is 3.31. The number of piperidine rings is 1. The number of benzene rings is 1. The van der Waals surface area contributed by atoms with Crippen molar-refractivity contribution in [2.45, 2.75) is 39.3 Å². The lowest BCUT2D eigenvalue weighted by Crippen LogP contribution is -2.45. The number of methoxy groups -OCH3 is 1. The molecule has 0 radical (unpaired) electrons. The van der Waals surface area contributed by atoms with Gasteiger partial charge in [-0.1, -0.05) is 5.21 Å². The molecule has 0 unspecified atom stereocenters. The van der Waals surface area contributed by atoms with Crippen molar-refractivity contribution in [1.29, 1.82) is 0 Å². The fourth-order valence-corrected chi connectivity index (χ4v) is 4.34. The molecule has 3 heterocycles. The highest BCUT2D eigenvalue weighted by atomic mass is 19.1. The number of amides is 1. The zero-order valence-electron chi connectivity index (χ0n) is 19.5. The van der Waals surface area contributed by atoms with E-state index in [1.165, 1.54) is 16.8 Å². The maximum Gasteiger partial charge on any atom is 0.276 e. The van der Waals surface area contributed by atoms with Gasteiger partial charge in [-0.25, -0.2) is 9.07 Å². The van der Waals surface area contributed by atoms with Gasteiger partial charge >= 0.3 is 0 Å². The van der Waals surface area contributed by atoms with Crippen molar-refractivity contribution in [2.24, 2.45) is 0 Å². The Morgan fingerprint density at radius 1 is 1.21 bits per heavy atom. The minimum absolute atomic E-state index is 0.131. The van der Waals surface area contributed by atoms with Crippen LogP contribution < -0.4 is 4.74 Å². The van der Waals surface area contributed by atoms with Crippen molar-refractivity contribution in [3.05, 3.63) is 65.0 Å². The number of hydrogen-bond donors (Lipinski definition) is 0. The normalized spacial score (nSPS) is 14.9. The van der Waals surface area contributed by atoms with Crippen LogP contribution in [0.5, 0.6) is 5.75 Å². The summed E-state index contributed by atoms with van der Waals surface area (Å²) in [6.07, 6.45) is 5.19. The number of ether oxygens (including phenoxy) is 1. The minimum Gasteiger partial charge on any atom is -0.496 e. The lowest BCUT2D eigenvalue weighted by atomic mass is 10.0. The molecule has 0 atom stereocenters. The molecule has 0 saturated carbocycles. The molecule has 1 fully saturated rings. The number of likely N-dealkylation sites (tertiary alicyclic amines) is 1. The molecule has 1 saturated heterocycles. The molecule has 3 aromatic rings. The Bertz CT molecular complexity index is 1120. The van der Waals surface area contributed by atoms with Crippen molar-refractivity contribution < 1.29 is 13.9 Å². The van der Waals surface area contributed by atoms with Crippen molar-refractivity contribution in [2.75, 3.05) is 27.2 Å². The van der Waals surface area contributed by atoms with Crippen LogP contribution in [-0.2, 0) is 6.54 Å². The van der Waals surface area contributed by atoms with Crippen LogP contribution >= 0.6 is 0 Å². The van der Waals surface area contributed by atoms with Crippen LogP contribution in [0.25, 0.3) is 5.69 Å². The van der Waals surface area contributed by atoms with Gasteiger partial charge in [0, 0.05) is 50.0 Å². The molecule has 0 aliphatic carbocycles. The molecule has 0 spiro atoms. The Morgan fingerprint density at radius 2 is 1.91 bits per heavy atom. The third kappa shape index (κ3) is 4.88. The molecule has 1 aliphatic heterocycles. The molecule has 8 nitrogen and oxygen atoms in total. The minimum atomic E-state index is -0.325. The van der Waals surface area contributed by atoms with Gasteiger partial charge in [-0.2, -0.15) is 0 Å². The van der Waals surface area contributed by atoms with E-state index in [1.807, 2.05) is 27.1 Å². The first-order valence-electron chi connectivity index (χ1n) is 11.0. The highest BCUT2D eigenvalue weighted by molar-refractivity contribution is 5.92. The number of carbonyl (C=O) groups is 1. The number of rotatable bonds is 6. The largest absolute Gasteiger partial charge is 0.496 e. The highest BCUT2D eigenvalue weighted by Crippen LogP contribution is 2.26. The SMILES string of the molecule is COc1c(C)cnc(CN2CCC(N(C)C(=O)c3cn(-c4ccc(F)cc4)nn3)CC2)c1C. The van der Waals surface area contributed by atoms with E-state index in [9.17, 15) is 9.18 Å². The van der Waals surface area contributed by atoms with Crippen molar-refractivity contribution in [1.82, 2.24) is 29.8 Å². The third-order valence-electron chi connectivity index (χ3n) is 6.35. The predicted octanol–water partition coefficient (Wildman–Crippen LogP) is 3.16. The zero-order valence-corrected chi connectivity index (χ0v) is 19.5. The lowest BCUT2D eigenvalue weighted by Gasteiger charge is -2.36. The molecule has 1 aromatic carbocycles. The van der Waals surface area contributed by atoms with Gasteiger partial charge in [0.05, 0.1) is 24.7 Å². The molecule has 1 amide bonds. The monoisotopic (exact) mass is 452 g/mol. The molecule has 9 heteroatoms. The second kappa shape index (κ2) is 9.66. The van der Waals surface area contributed by atoms with Crippen molar-refractivity contribution >= 4 is 5.91 Å². The number of pyridine rings is 1. The Kier molecular flexibility index (Phi) is 6.69. The second-order valence-corrected chi connectivity index (χ2v) is 8.49. The van der Waals surface area contributed by atoms with Gasteiger partial charge in [-0.15, -0.1) is 5.10 Å². The van der Waals surface area contributed by atoms with Gasteiger partial charge in [0.15, 0.2) is 5.69 Å². The number of aryl methyl sites for hydroxylation is 1. The van der Waals surface area contributed by atoms with Gasteiger partial charge in [0.1, 0.15) is 11.6 Å². The van der Waals surface area contributed by atoms with Crippen LogP contribution in [0.15, 0.2) is 36.7 Å². The summed E-state index contributed by atoms with van der Waals surface area (Å²) in [5.41, 5.74) is 4.06. The van der Waals surface area contributed by atoms with Crippen molar-refractivity contribution in [3.8, 4) is 11.4 Å². The molecule has 4 rings (SSSR count). The van der Waals surface area contributed by atoms with Crippen molar-refractivity contribution in [3.63, 3.8) is 0 Å². The first-order valence-corrected chi connectivity index (χ1v) is 11.0. The van der Waals surface area contributed by atoms with Gasteiger partial charge in [-0.3, -0.25) is 14.7 Å². The molecule has 1 aliphatic rings. The van der Waals surface area contributed by atoms with Crippen LogP contribution in [0.2, 0.25) is 0 Å². The smallest absolute Gasteiger partial charge is 0.276 e. The molecule has 0 N–H and O–H groups in total. The van der Waals surface area contributed by atoms with E-state index in [0.717, 1.165) is 55.0 Å². The average molecular weight is 453 g/mol. The van der Waals surface area contributed by atoms with E-state index in [2.05, 4.69) is 20.2 Å². The van der Waals surface area contributed by atoms with Crippen LogP contribution in [0, 0.1) is 19.7 Å². The highest BCUT2D eigenvalue weighted by Gasteiger charge is 2.28. The first-order chi connectivity index (χ1) is 15.9. The Hall–Kier alpha value is -3.33. The van der Waals surface area contributed by atoms with Gasteiger partial charge < -0.3 is 9.64 Å². The zero-order chi connectivity index (χ0) is 23.5. The summed E-state index contributed by atoms with van der Waals surface area (Å²) in [5.74, 6) is 0.408. The van der Waals surface area contributed by atoms with E-state index < -0.39 is 0 Å². The van der Waals surface area contributed by atoms with E-state index in [1.54, 1.807) is 30.3 Å². The molecular formula is C24H29FN6O2. The summed E-state index contributed by atoms with van der Waals surface area (Å²) < 4.78 is 20.2. The summed E-state index contributed by atoms with van der Waals surface area (Å²) >= 11 is 0. The van der Waals surface area contributed by atoms with Gasteiger partial charge in [0.25, 0.3) is 5.91 Å². The molecule has 33 heavy (non-hydrogen) atoms. The summed E-state index contributed by atoms with van der Waals surface area (Å²) in [6.45, 7) is 6.56. The summed E-state index contributed by atoms with van der Waals surface area (Å²) in [4.78, 5) is 21.7.